The number of carbonyl (C=O) groups excluding carboxylic acids is 3. The second kappa shape index (κ2) is 5.37. The highest BCUT2D eigenvalue weighted by Gasteiger charge is 2.40. The molecule has 0 aliphatic carbocycles. The zero-order chi connectivity index (χ0) is 13.9. The first-order valence-corrected chi connectivity index (χ1v) is 6.11. The molecule has 1 saturated heterocycles. The Bertz CT molecular complexity index is 366. The molecular weight excluding hydrogens is 234 g/mol. The van der Waals surface area contributed by atoms with Crippen LogP contribution < -0.4 is 10.6 Å². The van der Waals surface area contributed by atoms with Gasteiger partial charge in [0.2, 0.25) is 17.7 Å². The van der Waals surface area contributed by atoms with Crippen LogP contribution in [0.2, 0.25) is 0 Å². The molecule has 6 nitrogen and oxygen atoms in total. The normalized spacial score (nSPS) is 19.6. The number of rotatable bonds is 3. The Kier molecular flexibility index (Phi) is 4.32. The first-order chi connectivity index (χ1) is 8.29. The van der Waals surface area contributed by atoms with Crippen molar-refractivity contribution in [2.24, 2.45) is 0 Å². The second-order valence-electron chi connectivity index (χ2n) is 5.08. The molecule has 1 heterocycles. The lowest BCUT2D eigenvalue weighted by Crippen LogP contribution is -2.58. The van der Waals surface area contributed by atoms with Gasteiger partial charge in [-0.3, -0.25) is 14.4 Å². The van der Waals surface area contributed by atoms with E-state index in [4.69, 9.17) is 0 Å². The number of likely N-dealkylation sites (tertiary alicyclic amines) is 1. The van der Waals surface area contributed by atoms with Crippen LogP contribution in [0.4, 0.5) is 0 Å². The van der Waals surface area contributed by atoms with E-state index in [1.807, 2.05) is 0 Å². The van der Waals surface area contributed by atoms with Gasteiger partial charge in [-0.2, -0.15) is 0 Å². The maximum atomic E-state index is 12.4. The zero-order valence-electron chi connectivity index (χ0n) is 11.4. The minimum Gasteiger partial charge on any atom is -0.357 e. The van der Waals surface area contributed by atoms with Crippen molar-refractivity contribution in [2.75, 3.05) is 13.6 Å². The van der Waals surface area contributed by atoms with Gasteiger partial charge >= 0.3 is 0 Å². The third-order valence-electron chi connectivity index (χ3n) is 3.09. The van der Waals surface area contributed by atoms with E-state index in [1.54, 1.807) is 25.8 Å². The van der Waals surface area contributed by atoms with Gasteiger partial charge in [0.25, 0.3) is 0 Å². The van der Waals surface area contributed by atoms with Crippen molar-refractivity contribution in [1.82, 2.24) is 15.5 Å². The van der Waals surface area contributed by atoms with Crippen molar-refractivity contribution in [3.8, 4) is 0 Å². The Labute approximate surface area is 107 Å². The standard InChI is InChI=1S/C12H21N3O3/c1-8(16)14-12(2,3)11(18)15-7-5-6-9(15)10(17)13-4/h9H,5-7H2,1-4H3,(H,13,17)(H,14,16)/t9-/m0/s1. The van der Waals surface area contributed by atoms with Crippen LogP contribution in [0, 0.1) is 0 Å². The van der Waals surface area contributed by atoms with Crippen LogP contribution in [0.1, 0.15) is 33.6 Å². The SMILES string of the molecule is CNC(=O)[C@@H]1CCCN1C(=O)C(C)(C)NC(C)=O. The Balaban J connectivity index is 2.82. The van der Waals surface area contributed by atoms with Gasteiger partial charge in [0.15, 0.2) is 0 Å². The fourth-order valence-electron chi connectivity index (χ4n) is 2.30. The topological polar surface area (TPSA) is 78.5 Å². The minimum absolute atomic E-state index is 0.153. The summed E-state index contributed by atoms with van der Waals surface area (Å²) in [5.74, 6) is -0.632. The van der Waals surface area contributed by atoms with E-state index in [1.165, 1.54) is 6.92 Å². The van der Waals surface area contributed by atoms with E-state index in [-0.39, 0.29) is 17.7 Å². The van der Waals surface area contributed by atoms with Gasteiger partial charge in [-0.25, -0.2) is 0 Å². The van der Waals surface area contributed by atoms with Crippen molar-refractivity contribution >= 4 is 17.7 Å². The summed E-state index contributed by atoms with van der Waals surface area (Å²) in [5, 5.41) is 5.18. The number of carbonyl (C=O) groups is 3. The molecule has 0 radical (unpaired) electrons. The van der Waals surface area contributed by atoms with E-state index in [9.17, 15) is 14.4 Å². The monoisotopic (exact) mass is 255 g/mol. The summed E-state index contributed by atoms with van der Waals surface area (Å²) in [6, 6.07) is -0.421. The first kappa shape index (κ1) is 14.5. The molecule has 2 N–H and O–H groups in total. The quantitative estimate of drug-likeness (QED) is 0.722. The molecule has 1 aliphatic heterocycles. The zero-order valence-corrected chi connectivity index (χ0v) is 11.4. The molecule has 0 aromatic heterocycles. The van der Waals surface area contributed by atoms with Crippen LogP contribution >= 0.6 is 0 Å². The fraction of sp³-hybridized carbons (Fsp3) is 0.750. The molecule has 3 amide bonds. The van der Waals surface area contributed by atoms with E-state index in [2.05, 4.69) is 10.6 Å². The summed E-state index contributed by atoms with van der Waals surface area (Å²) in [6.45, 7) is 5.22. The maximum absolute atomic E-state index is 12.4. The molecule has 0 aromatic carbocycles. The van der Waals surface area contributed by atoms with E-state index >= 15 is 0 Å². The number of nitrogens with zero attached hydrogens (tertiary/aromatic N) is 1. The largest absolute Gasteiger partial charge is 0.357 e. The first-order valence-electron chi connectivity index (χ1n) is 6.11. The summed E-state index contributed by atoms with van der Waals surface area (Å²) in [5.41, 5.74) is -0.984. The van der Waals surface area contributed by atoms with Crippen molar-refractivity contribution in [3.63, 3.8) is 0 Å². The smallest absolute Gasteiger partial charge is 0.248 e. The predicted octanol–water partition coefficient (Wildman–Crippen LogP) is -0.362. The number of hydrogen-bond donors (Lipinski definition) is 2. The summed E-state index contributed by atoms with van der Waals surface area (Å²) in [7, 11) is 1.56. The Morgan fingerprint density at radius 2 is 1.89 bits per heavy atom. The molecule has 0 saturated carbocycles. The van der Waals surface area contributed by atoms with Gasteiger partial charge in [-0.1, -0.05) is 0 Å². The van der Waals surface area contributed by atoms with Crippen molar-refractivity contribution < 1.29 is 14.4 Å². The Morgan fingerprint density at radius 3 is 2.39 bits per heavy atom. The highest BCUT2D eigenvalue weighted by molar-refractivity contribution is 5.94. The third-order valence-corrected chi connectivity index (χ3v) is 3.09. The lowest BCUT2D eigenvalue weighted by atomic mass is 10.0. The number of hydrogen-bond acceptors (Lipinski definition) is 3. The lowest BCUT2D eigenvalue weighted by Gasteiger charge is -2.32. The molecule has 0 aromatic rings. The molecule has 102 valence electrons. The summed E-state index contributed by atoms with van der Waals surface area (Å²) in [6.07, 6.45) is 1.47. The van der Waals surface area contributed by atoms with Crippen molar-refractivity contribution in [3.05, 3.63) is 0 Å². The van der Waals surface area contributed by atoms with Gasteiger partial charge in [0.05, 0.1) is 0 Å². The second-order valence-corrected chi connectivity index (χ2v) is 5.08. The molecule has 1 rings (SSSR count). The molecule has 18 heavy (non-hydrogen) atoms. The molecule has 6 heteroatoms. The molecule has 1 aliphatic rings. The summed E-state index contributed by atoms with van der Waals surface area (Å²) in [4.78, 5) is 36.7. The van der Waals surface area contributed by atoms with Crippen molar-refractivity contribution in [1.29, 1.82) is 0 Å². The Morgan fingerprint density at radius 1 is 1.28 bits per heavy atom. The number of nitrogens with one attached hydrogen (secondary N) is 2. The summed E-state index contributed by atoms with van der Waals surface area (Å²) >= 11 is 0. The van der Waals surface area contributed by atoms with Crippen LogP contribution in [0.25, 0.3) is 0 Å². The third kappa shape index (κ3) is 3.00. The van der Waals surface area contributed by atoms with E-state index in [0.717, 1.165) is 6.42 Å². The van der Waals surface area contributed by atoms with E-state index in [0.29, 0.717) is 13.0 Å². The van der Waals surface area contributed by atoms with Crippen LogP contribution in [0.5, 0.6) is 0 Å². The van der Waals surface area contributed by atoms with Gasteiger partial charge in [0, 0.05) is 20.5 Å². The average Bonchev–Trinajstić information content (AvgIpc) is 2.73. The highest BCUT2D eigenvalue weighted by Crippen LogP contribution is 2.21. The number of amides is 3. The lowest BCUT2D eigenvalue weighted by molar-refractivity contribution is -0.144. The summed E-state index contributed by atoms with van der Waals surface area (Å²) < 4.78 is 0. The molecule has 0 bridgehead atoms. The van der Waals surface area contributed by atoms with Crippen LogP contribution in [0.15, 0.2) is 0 Å². The predicted molar refractivity (Wildman–Crippen MR) is 66.7 cm³/mol. The molecule has 0 spiro atoms. The molecule has 1 atom stereocenters. The molecule has 0 unspecified atom stereocenters. The van der Waals surface area contributed by atoms with Crippen LogP contribution in [0.3, 0.4) is 0 Å². The van der Waals surface area contributed by atoms with E-state index < -0.39 is 11.6 Å². The van der Waals surface area contributed by atoms with Crippen LogP contribution in [-0.4, -0.2) is 47.8 Å². The molecular formula is C12H21N3O3. The van der Waals surface area contributed by atoms with Gasteiger partial charge < -0.3 is 15.5 Å². The number of likely N-dealkylation sites (N-methyl/N-ethyl adjacent to an activating group) is 1. The highest BCUT2D eigenvalue weighted by atomic mass is 16.2. The van der Waals surface area contributed by atoms with Gasteiger partial charge in [0.1, 0.15) is 11.6 Å². The Hall–Kier alpha value is -1.59. The fourth-order valence-corrected chi connectivity index (χ4v) is 2.30. The van der Waals surface area contributed by atoms with Gasteiger partial charge in [-0.05, 0) is 26.7 Å². The maximum Gasteiger partial charge on any atom is 0.248 e. The molecule has 1 fully saturated rings. The minimum atomic E-state index is -0.984. The average molecular weight is 255 g/mol. The van der Waals surface area contributed by atoms with Gasteiger partial charge in [-0.15, -0.1) is 0 Å². The van der Waals surface area contributed by atoms with Crippen molar-refractivity contribution in [2.45, 2.75) is 45.2 Å². The van der Waals surface area contributed by atoms with Crippen LogP contribution in [-0.2, 0) is 14.4 Å².